The second-order valence-corrected chi connectivity index (χ2v) is 3.22. The molecule has 0 saturated heterocycles. The molecule has 14 heavy (non-hydrogen) atoms. The van der Waals surface area contributed by atoms with Crippen LogP contribution in [0.4, 0.5) is 0 Å². The minimum Gasteiger partial charge on any atom is -0.385 e. The minimum atomic E-state index is -0.942. The molecule has 1 N–H and O–H groups in total. The first-order chi connectivity index (χ1) is 6.69. The lowest BCUT2D eigenvalue weighted by Gasteiger charge is -2.15. The maximum absolute atomic E-state index is 9.68. The van der Waals surface area contributed by atoms with Crippen LogP contribution in [0.5, 0.6) is 0 Å². The maximum Gasteiger partial charge on any atom is 0.173 e. The summed E-state index contributed by atoms with van der Waals surface area (Å²) in [5, 5.41) is 18.9. The van der Waals surface area contributed by atoms with Gasteiger partial charge in [0, 0.05) is 12.1 Å². The Kier molecular flexibility index (Phi) is 3.90. The van der Waals surface area contributed by atoms with Crippen LogP contribution < -0.4 is 0 Å². The highest BCUT2D eigenvalue weighted by atomic mass is 35.5. The minimum absolute atomic E-state index is 0.590. The highest BCUT2D eigenvalue weighted by Crippen LogP contribution is 2.20. The first-order valence-corrected chi connectivity index (χ1v) is 4.42. The van der Waals surface area contributed by atoms with E-state index in [-0.39, 0.29) is 0 Å². The van der Waals surface area contributed by atoms with Gasteiger partial charge < -0.3 is 9.84 Å². The Morgan fingerprint density at radius 3 is 2.43 bits per heavy atom. The zero-order chi connectivity index (χ0) is 10.6. The molecule has 1 rings (SSSR count). The number of ether oxygens (including phenoxy) is 1. The van der Waals surface area contributed by atoms with E-state index in [0.29, 0.717) is 10.6 Å². The van der Waals surface area contributed by atoms with E-state index in [0.717, 1.165) is 0 Å². The van der Waals surface area contributed by atoms with Crippen molar-refractivity contribution in [2.75, 3.05) is 7.11 Å². The molecule has 2 atom stereocenters. The lowest BCUT2D eigenvalue weighted by atomic mass is 10.1. The molecule has 0 radical (unpaired) electrons. The Labute approximate surface area is 87.5 Å². The Hall–Kier alpha value is -1.08. The number of aliphatic hydroxyl groups excluding tert-OH is 1. The van der Waals surface area contributed by atoms with Gasteiger partial charge in [-0.2, -0.15) is 5.26 Å². The molecule has 0 saturated carbocycles. The maximum atomic E-state index is 9.68. The van der Waals surface area contributed by atoms with Gasteiger partial charge in [-0.25, -0.2) is 0 Å². The van der Waals surface area contributed by atoms with Crippen LogP contribution >= 0.6 is 11.6 Å². The summed E-state index contributed by atoms with van der Waals surface area (Å²) < 4.78 is 4.80. The molecular formula is C10H10ClNO2. The van der Waals surface area contributed by atoms with Crippen LogP contribution in [-0.4, -0.2) is 18.3 Å². The predicted molar refractivity (Wildman–Crippen MR) is 52.8 cm³/mol. The van der Waals surface area contributed by atoms with Crippen LogP contribution in [0.3, 0.4) is 0 Å². The van der Waals surface area contributed by atoms with Crippen LogP contribution in [0.2, 0.25) is 5.02 Å². The number of methoxy groups -OCH3 is 1. The highest BCUT2D eigenvalue weighted by Gasteiger charge is 2.19. The lowest BCUT2D eigenvalue weighted by molar-refractivity contribution is 0.0206. The summed E-state index contributed by atoms with van der Waals surface area (Å²) >= 11 is 5.69. The van der Waals surface area contributed by atoms with E-state index < -0.39 is 12.2 Å². The summed E-state index contributed by atoms with van der Waals surface area (Å²) in [7, 11) is 1.38. The second-order valence-electron chi connectivity index (χ2n) is 2.78. The molecule has 1 aromatic carbocycles. The molecule has 0 aliphatic carbocycles. The number of nitrogens with zero attached hydrogens (tertiary/aromatic N) is 1. The van der Waals surface area contributed by atoms with Gasteiger partial charge in [-0.1, -0.05) is 23.7 Å². The van der Waals surface area contributed by atoms with Crippen molar-refractivity contribution in [2.24, 2.45) is 0 Å². The van der Waals surface area contributed by atoms with Gasteiger partial charge in [-0.15, -0.1) is 0 Å². The van der Waals surface area contributed by atoms with E-state index >= 15 is 0 Å². The van der Waals surface area contributed by atoms with Crippen molar-refractivity contribution >= 4 is 11.6 Å². The zero-order valence-electron chi connectivity index (χ0n) is 7.64. The van der Waals surface area contributed by atoms with Gasteiger partial charge >= 0.3 is 0 Å². The van der Waals surface area contributed by atoms with Crippen molar-refractivity contribution < 1.29 is 9.84 Å². The van der Waals surface area contributed by atoms with Gasteiger partial charge in [0.2, 0.25) is 0 Å². The smallest absolute Gasteiger partial charge is 0.173 e. The van der Waals surface area contributed by atoms with Crippen molar-refractivity contribution in [1.82, 2.24) is 0 Å². The summed E-state index contributed by atoms with van der Waals surface area (Å²) in [6.07, 6.45) is -1.79. The largest absolute Gasteiger partial charge is 0.385 e. The van der Waals surface area contributed by atoms with Crippen molar-refractivity contribution in [2.45, 2.75) is 12.2 Å². The monoisotopic (exact) mass is 211 g/mol. The molecular weight excluding hydrogens is 202 g/mol. The summed E-state index contributed by atoms with van der Waals surface area (Å²) in [6.45, 7) is 0. The highest BCUT2D eigenvalue weighted by molar-refractivity contribution is 6.30. The molecule has 3 nitrogen and oxygen atoms in total. The Morgan fingerprint density at radius 1 is 1.43 bits per heavy atom. The fourth-order valence-corrected chi connectivity index (χ4v) is 1.21. The van der Waals surface area contributed by atoms with Gasteiger partial charge in [0.25, 0.3) is 0 Å². The topological polar surface area (TPSA) is 53.2 Å². The summed E-state index contributed by atoms with van der Waals surface area (Å²) in [5.74, 6) is 0. The third-order valence-corrected chi connectivity index (χ3v) is 2.13. The number of rotatable bonds is 3. The van der Waals surface area contributed by atoms with Crippen LogP contribution in [0.25, 0.3) is 0 Å². The second kappa shape index (κ2) is 4.97. The Morgan fingerprint density at radius 2 is 2.00 bits per heavy atom. The first-order valence-electron chi connectivity index (χ1n) is 4.05. The molecule has 0 aliphatic rings. The van der Waals surface area contributed by atoms with Crippen LogP contribution in [0.15, 0.2) is 24.3 Å². The standard InChI is InChI=1S/C10H10ClNO2/c1-14-9(6-12)10(13)7-2-4-8(11)5-3-7/h2-5,9-10,13H,1H3. The molecule has 0 aliphatic heterocycles. The van der Waals surface area contributed by atoms with E-state index in [9.17, 15) is 5.11 Å². The van der Waals surface area contributed by atoms with Crippen LogP contribution in [0, 0.1) is 11.3 Å². The predicted octanol–water partition coefficient (Wildman–Crippen LogP) is 1.91. The molecule has 2 unspecified atom stereocenters. The van der Waals surface area contributed by atoms with Crippen LogP contribution in [-0.2, 0) is 4.74 Å². The quantitative estimate of drug-likeness (QED) is 0.831. The molecule has 1 aromatic rings. The molecule has 0 aromatic heterocycles. The number of halogens is 1. The number of aliphatic hydroxyl groups is 1. The lowest BCUT2D eigenvalue weighted by Crippen LogP contribution is -2.18. The Bertz CT molecular complexity index is 331. The van der Waals surface area contributed by atoms with Crippen molar-refractivity contribution in [3.05, 3.63) is 34.9 Å². The van der Waals surface area contributed by atoms with Gasteiger partial charge in [0.05, 0.1) is 6.07 Å². The Balaban J connectivity index is 2.84. The van der Waals surface area contributed by atoms with E-state index in [1.54, 1.807) is 24.3 Å². The fourth-order valence-electron chi connectivity index (χ4n) is 1.09. The van der Waals surface area contributed by atoms with Gasteiger partial charge in [0.15, 0.2) is 6.10 Å². The molecule has 4 heteroatoms. The van der Waals surface area contributed by atoms with E-state index in [1.165, 1.54) is 7.11 Å². The first kappa shape index (κ1) is 11.0. The van der Waals surface area contributed by atoms with Crippen molar-refractivity contribution in [3.63, 3.8) is 0 Å². The van der Waals surface area contributed by atoms with Crippen LogP contribution in [0.1, 0.15) is 11.7 Å². The molecule has 0 fully saturated rings. The fraction of sp³-hybridized carbons (Fsp3) is 0.300. The molecule has 0 spiro atoms. The number of nitriles is 1. The molecule has 0 heterocycles. The third kappa shape index (κ3) is 2.46. The summed E-state index contributed by atoms with van der Waals surface area (Å²) in [5.41, 5.74) is 0.614. The van der Waals surface area contributed by atoms with Gasteiger partial charge in [-0.3, -0.25) is 0 Å². The van der Waals surface area contributed by atoms with Crippen molar-refractivity contribution in [3.8, 4) is 6.07 Å². The SMILES string of the molecule is COC(C#N)C(O)c1ccc(Cl)cc1. The molecule has 74 valence electrons. The van der Waals surface area contributed by atoms with E-state index in [2.05, 4.69) is 0 Å². The number of hydrogen-bond acceptors (Lipinski definition) is 3. The number of hydrogen-bond donors (Lipinski definition) is 1. The van der Waals surface area contributed by atoms with Crippen molar-refractivity contribution in [1.29, 1.82) is 5.26 Å². The van der Waals surface area contributed by atoms with Gasteiger partial charge in [0.1, 0.15) is 6.10 Å². The number of benzene rings is 1. The zero-order valence-corrected chi connectivity index (χ0v) is 8.40. The normalized spacial score (nSPS) is 14.4. The van der Waals surface area contributed by atoms with Gasteiger partial charge in [-0.05, 0) is 17.7 Å². The average Bonchev–Trinajstić information content (AvgIpc) is 2.20. The summed E-state index contributed by atoms with van der Waals surface area (Å²) in [4.78, 5) is 0. The molecule has 0 amide bonds. The van der Waals surface area contributed by atoms with E-state index in [4.69, 9.17) is 21.6 Å². The third-order valence-electron chi connectivity index (χ3n) is 1.88. The van der Waals surface area contributed by atoms with E-state index in [1.807, 2.05) is 6.07 Å². The average molecular weight is 212 g/mol. The molecule has 0 bridgehead atoms. The summed E-state index contributed by atoms with van der Waals surface area (Å²) in [6, 6.07) is 8.50.